The number of benzene rings is 1. The predicted molar refractivity (Wildman–Crippen MR) is 88.5 cm³/mol. The summed E-state index contributed by atoms with van der Waals surface area (Å²) in [5, 5.41) is 2.93. The van der Waals surface area contributed by atoms with E-state index in [2.05, 4.69) is 23.0 Å². The Morgan fingerprint density at radius 3 is 2.50 bits per heavy atom. The van der Waals surface area contributed by atoms with Gasteiger partial charge in [-0.25, -0.2) is 9.37 Å². The number of aromatic nitrogens is 1. The average molecular weight is 318 g/mol. The molecule has 0 saturated heterocycles. The molecule has 0 amide bonds. The summed E-state index contributed by atoms with van der Waals surface area (Å²) in [5.74, 6) is 0.367. The minimum Gasteiger partial charge on any atom is -0.486 e. The molecule has 2 rings (SSSR count). The highest BCUT2D eigenvalue weighted by Gasteiger charge is 2.07. The second-order valence-corrected chi connectivity index (χ2v) is 5.69. The fourth-order valence-corrected chi connectivity index (χ4v) is 2.66. The first-order valence-electron chi connectivity index (χ1n) is 6.97. The number of rotatable bonds is 9. The Labute approximate surface area is 134 Å². The summed E-state index contributed by atoms with van der Waals surface area (Å²) in [4.78, 5) is 6.75. The van der Waals surface area contributed by atoms with E-state index in [1.807, 2.05) is 17.5 Å². The maximum Gasteiger partial charge on any atom is 0.140 e. The van der Waals surface area contributed by atoms with Crippen molar-refractivity contribution in [2.75, 3.05) is 13.1 Å². The van der Waals surface area contributed by atoms with E-state index in [4.69, 9.17) is 4.74 Å². The SMILES string of the molecule is C=CCN(CC=C)Cc1csc(COc2ccc(F)cc2)n1. The van der Waals surface area contributed by atoms with Gasteiger partial charge in [-0.3, -0.25) is 4.90 Å². The van der Waals surface area contributed by atoms with Gasteiger partial charge in [-0.05, 0) is 24.3 Å². The van der Waals surface area contributed by atoms with Gasteiger partial charge in [0.15, 0.2) is 0 Å². The summed E-state index contributed by atoms with van der Waals surface area (Å²) in [6, 6.07) is 5.98. The molecule has 1 heterocycles. The van der Waals surface area contributed by atoms with Gasteiger partial charge in [-0.1, -0.05) is 12.2 Å². The van der Waals surface area contributed by atoms with Crippen molar-refractivity contribution in [3.8, 4) is 5.75 Å². The summed E-state index contributed by atoms with van der Waals surface area (Å²) in [6.07, 6.45) is 3.74. The summed E-state index contributed by atoms with van der Waals surface area (Å²) < 4.78 is 18.4. The molecule has 116 valence electrons. The number of hydrogen-bond donors (Lipinski definition) is 0. The fraction of sp³-hybridized carbons (Fsp3) is 0.235. The van der Waals surface area contributed by atoms with E-state index in [1.54, 1.807) is 23.5 Å². The van der Waals surface area contributed by atoms with Crippen LogP contribution in [0.5, 0.6) is 5.75 Å². The fourth-order valence-electron chi connectivity index (χ4n) is 1.96. The molecule has 0 radical (unpaired) electrons. The Bertz CT molecular complexity index is 599. The van der Waals surface area contributed by atoms with E-state index in [0.29, 0.717) is 12.4 Å². The lowest BCUT2D eigenvalue weighted by Crippen LogP contribution is -2.23. The highest BCUT2D eigenvalue weighted by Crippen LogP contribution is 2.16. The van der Waals surface area contributed by atoms with Crippen LogP contribution < -0.4 is 4.74 Å². The molecule has 1 aromatic carbocycles. The van der Waals surface area contributed by atoms with E-state index in [1.165, 1.54) is 12.1 Å². The summed E-state index contributed by atoms with van der Waals surface area (Å²) in [5.41, 5.74) is 1.01. The van der Waals surface area contributed by atoms with Gasteiger partial charge in [0.25, 0.3) is 0 Å². The highest BCUT2D eigenvalue weighted by molar-refractivity contribution is 7.09. The summed E-state index contributed by atoms with van der Waals surface area (Å²) in [7, 11) is 0. The Hall–Kier alpha value is -1.98. The molecule has 0 aliphatic carbocycles. The molecule has 0 N–H and O–H groups in total. The molecule has 1 aromatic heterocycles. The number of thiazole rings is 1. The Morgan fingerprint density at radius 1 is 1.18 bits per heavy atom. The quantitative estimate of drug-likeness (QED) is 0.653. The average Bonchev–Trinajstić information content (AvgIpc) is 2.95. The first kappa shape index (κ1) is 16.4. The molecule has 0 bridgehead atoms. The van der Waals surface area contributed by atoms with Crippen LogP contribution in [0, 0.1) is 5.82 Å². The number of hydrogen-bond acceptors (Lipinski definition) is 4. The van der Waals surface area contributed by atoms with Crippen molar-refractivity contribution in [3.05, 3.63) is 71.5 Å². The molecule has 0 unspecified atom stereocenters. The normalized spacial score (nSPS) is 10.6. The van der Waals surface area contributed by atoms with Gasteiger partial charge in [0, 0.05) is 25.0 Å². The lowest BCUT2D eigenvalue weighted by atomic mass is 10.3. The van der Waals surface area contributed by atoms with Gasteiger partial charge < -0.3 is 4.74 Å². The third kappa shape index (κ3) is 5.09. The van der Waals surface area contributed by atoms with E-state index < -0.39 is 0 Å². The zero-order valence-corrected chi connectivity index (χ0v) is 13.2. The standard InChI is InChI=1S/C17H19FN2OS/c1-3-9-20(10-4-2)11-15-13-22-17(19-15)12-21-16-7-5-14(18)6-8-16/h3-8,13H,1-2,9-12H2. The van der Waals surface area contributed by atoms with Gasteiger partial charge in [0.2, 0.25) is 0 Å². The molecule has 0 saturated carbocycles. The van der Waals surface area contributed by atoms with E-state index >= 15 is 0 Å². The number of nitrogens with zero attached hydrogens (tertiary/aromatic N) is 2. The van der Waals surface area contributed by atoms with Crippen LogP contribution >= 0.6 is 11.3 Å². The zero-order valence-electron chi connectivity index (χ0n) is 12.4. The summed E-state index contributed by atoms with van der Waals surface area (Å²) >= 11 is 1.56. The predicted octanol–water partition coefficient (Wildman–Crippen LogP) is 4.04. The van der Waals surface area contributed by atoms with Crippen molar-refractivity contribution in [2.45, 2.75) is 13.2 Å². The Balaban J connectivity index is 1.88. The van der Waals surface area contributed by atoms with E-state index in [-0.39, 0.29) is 5.82 Å². The van der Waals surface area contributed by atoms with Crippen molar-refractivity contribution in [3.63, 3.8) is 0 Å². The minimum absolute atomic E-state index is 0.270. The maximum atomic E-state index is 12.8. The van der Waals surface area contributed by atoms with Gasteiger partial charge >= 0.3 is 0 Å². The third-order valence-corrected chi connectivity index (χ3v) is 3.81. The van der Waals surface area contributed by atoms with Crippen LogP contribution in [0.2, 0.25) is 0 Å². The lowest BCUT2D eigenvalue weighted by molar-refractivity contribution is 0.302. The smallest absolute Gasteiger partial charge is 0.140 e. The van der Waals surface area contributed by atoms with Gasteiger partial charge in [-0.2, -0.15) is 0 Å². The molecule has 0 atom stereocenters. The van der Waals surface area contributed by atoms with Gasteiger partial charge in [0.05, 0.1) is 5.69 Å². The Kier molecular flexibility index (Phi) is 6.30. The van der Waals surface area contributed by atoms with E-state index in [9.17, 15) is 4.39 Å². The lowest BCUT2D eigenvalue weighted by Gasteiger charge is -2.16. The largest absolute Gasteiger partial charge is 0.486 e. The van der Waals surface area contributed by atoms with Crippen LogP contribution in [-0.2, 0) is 13.2 Å². The van der Waals surface area contributed by atoms with Crippen LogP contribution in [0.3, 0.4) is 0 Å². The first-order chi connectivity index (χ1) is 10.7. The molecule has 22 heavy (non-hydrogen) atoms. The molecule has 0 spiro atoms. The van der Waals surface area contributed by atoms with Crippen LogP contribution in [0.1, 0.15) is 10.7 Å². The molecular formula is C17H19FN2OS. The number of halogens is 1. The van der Waals surface area contributed by atoms with Crippen molar-refractivity contribution in [1.82, 2.24) is 9.88 Å². The van der Waals surface area contributed by atoms with Crippen molar-refractivity contribution < 1.29 is 9.13 Å². The molecule has 0 aliphatic heterocycles. The van der Waals surface area contributed by atoms with E-state index in [0.717, 1.165) is 30.3 Å². The highest BCUT2D eigenvalue weighted by atomic mass is 32.1. The van der Waals surface area contributed by atoms with Crippen LogP contribution in [0.15, 0.2) is 55.0 Å². The first-order valence-corrected chi connectivity index (χ1v) is 7.85. The van der Waals surface area contributed by atoms with Crippen molar-refractivity contribution >= 4 is 11.3 Å². The molecule has 0 fully saturated rings. The molecule has 2 aromatic rings. The van der Waals surface area contributed by atoms with Crippen LogP contribution in [0.25, 0.3) is 0 Å². The second-order valence-electron chi connectivity index (χ2n) is 4.75. The Morgan fingerprint density at radius 2 is 1.86 bits per heavy atom. The second kappa shape index (κ2) is 8.46. The third-order valence-electron chi connectivity index (χ3n) is 2.94. The van der Waals surface area contributed by atoms with Gasteiger partial charge in [-0.15, -0.1) is 24.5 Å². The molecular weight excluding hydrogens is 299 g/mol. The topological polar surface area (TPSA) is 25.4 Å². The van der Waals surface area contributed by atoms with Crippen molar-refractivity contribution in [2.24, 2.45) is 0 Å². The van der Waals surface area contributed by atoms with Crippen LogP contribution in [-0.4, -0.2) is 23.0 Å². The zero-order chi connectivity index (χ0) is 15.8. The van der Waals surface area contributed by atoms with Crippen LogP contribution in [0.4, 0.5) is 4.39 Å². The number of ether oxygens (including phenoxy) is 1. The van der Waals surface area contributed by atoms with Gasteiger partial charge in [0.1, 0.15) is 23.2 Å². The molecule has 3 nitrogen and oxygen atoms in total. The minimum atomic E-state index is -0.270. The molecule has 0 aliphatic rings. The summed E-state index contributed by atoms with van der Waals surface area (Å²) in [6.45, 7) is 10.3. The van der Waals surface area contributed by atoms with Crippen molar-refractivity contribution in [1.29, 1.82) is 0 Å². The maximum absolute atomic E-state index is 12.8. The molecule has 5 heteroatoms. The monoisotopic (exact) mass is 318 g/mol.